The number of carbonyl (C=O) groups is 1. The van der Waals surface area contributed by atoms with Gasteiger partial charge in [-0.15, -0.1) is 24.0 Å². The van der Waals surface area contributed by atoms with Crippen molar-refractivity contribution in [2.75, 3.05) is 7.05 Å². The fourth-order valence-corrected chi connectivity index (χ4v) is 2.71. The summed E-state index contributed by atoms with van der Waals surface area (Å²) in [5, 5.41) is 6.43. The van der Waals surface area contributed by atoms with Crippen molar-refractivity contribution in [3.8, 4) is 0 Å². The van der Waals surface area contributed by atoms with E-state index >= 15 is 0 Å². The molecule has 0 radical (unpaired) electrons. The average molecular weight is 507 g/mol. The largest absolute Gasteiger partial charge is 0.454 e. The highest BCUT2D eigenvalue weighted by atomic mass is 127. The van der Waals surface area contributed by atoms with Crippen LogP contribution in [0, 0.1) is 0 Å². The van der Waals surface area contributed by atoms with Crippen LogP contribution in [0.5, 0.6) is 0 Å². The maximum atomic E-state index is 11.0. The molecule has 2 aromatic rings. The Hall–Kier alpha value is -1.55. The Balaban J connectivity index is 0.00000288. The number of nitrogens with one attached hydrogen (secondary N) is 2. The van der Waals surface area contributed by atoms with Gasteiger partial charge in [-0.1, -0.05) is 34.1 Å². The summed E-state index contributed by atoms with van der Waals surface area (Å²) in [5.41, 5.74) is 6.29. The lowest BCUT2D eigenvalue weighted by Crippen LogP contribution is -2.38. The van der Waals surface area contributed by atoms with Crippen molar-refractivity contribution in [3.63, 3.8) is 0 Å². The van der Waals surface area contributed by atoms with Crippen molar-refractivity contribution in [1.82, 2.24) is 10.6 Å². The highest BCUT2D eigenvalue weighted by Gasteiger charge is 2.11. The van der Waals surface area contributed by atoms with Crippen LogP contribution in [0.15, 0.2) is 50.3 Å². The Kier molecular flexibility index (Phi) is 8.26. The zero-order valence-electron chi connectivity index (χ0n) is 13.4. The first kappa shape index (κ1) is 20.5. The number of furan rings is 1. The quantitative estimate of drug-likeness (QED) is 0.330. The lowest BCUT2D eigenvalue weighted by Gasteiger charge is -2.19. The van der Waals surface area contributed by atoms with Crippen molar-refractivity contribution < 1.29 is 9.21 Å². The van der Waals surface area contributed by atoms with Crippen molar-refractivity contribution in [2.24, 2.45) is 10.7 Å². The summed E-state index contributed by atoms with van der Waals surface area (Å²) in [6, 6.07) is 11.3. The zero-order valence-corrected chi connectivity index (χ0v) is 17.3. The smallest absolute Gasteiger partial charge is 0.284 e. The lowest BCUT2D eigenvalue weighted by atomic mass is 10.1. The van der Waals surface area contributed by atoms with Gasteiger partial charge in [0.1, 0.15) is 5.76 Å². The first-order valence-electron chi connectivity index (χ1n) is 7.11. The minimum Gasteiger partial charge on any atom is -0.454 e. The number of nitrogens with zero attached hydrogens (tertiary/aromatic N) is 1. The molecule has 0 fully saturated rings. The maximum absolute atomic E-state index is 11.0. The van der Waals surface area contributed by atoms with Crippen molar-refractivity contribution in [3.05, 3.63) is 58.0 Å². The predicted molar refractivity (Wildman–Crippen MR) is 109 cm³/mol. The topological polar surface area (TPSA) is 92.6 Å². The van der Waals surface area contributed by atoms with Crippen molar-refractivity contribution >= 4 is 51.8 Å². The molecule has 1 amide bonds. The molecule has 0 aliphatic rings. The summed E-state index contributed by atoms with van der Waals surface area (Å²) in [6.45, 7) is 2.45. The van der Waals surface area contributed by atoms with E-state index in [0.717, 1.165) is 10.0 Å². The standard InChI is InChI=1S/C16H19BrN4O2.HI/c1-10(12-5-3-4-6-13(12)17)21-16(19-2)20-9-11-7-8-14(23-11)15(18)22;/h3-8,10H,9H2,1-2H3,(H2,18,22)(H2,19,20,21);1H. The minimum atomic E-state index is -0.582. The molecule has 0 saturated heterocycles. The number of halogens is 2. The van der Waals surface area contributed by atoms with E-state index in [9.17, 15) is 4.79 Å². The molecule has 1 aromatic carbocycles. The molecule has 0 aliphatic carbocycles. The van der Waals surface area contributed by atoms with Gasteiger partial charge < -0.3 is 20.8 Å². The van der Waals surface area contributed by atoms with Crippen LogP contribution < -0.4 is 16.4 Å². The third-order valence-corrected chi connectivity index (χ3v) is 4.01. The van der Waals surface area contributed by atoms with Crippen LogP contribution in [0.4, 0.5) is 0 Å². The summed E-state index contributed by atoms with van der Waals surface area (Å²) in [7, 11) is 1.69. The number of primary amides is 1. The monoisotopic (exact) mass is 506 g/mol. The lowest BCUT2D eigenvalue weighted by molar-refractivity contribution is 0.0972. The maximum Gasteiger partial charge on any atom is 0.284 e. The first-order valence-corrected chi connectivity index (χ1v) is 7.90. The second-order valence-electron chi connectivity index (χ2n) is 4.94. The Bertz CT molecular complexity index is 718. The van der Waals surface area contributed by atoms with E-state index in [1.807, 2.05) is 31.2 Å². The molecule has 2 rings (SSSR count). The third kappa shape index (κ3) is 5.52. The SMILES string of the molecule is CN=C(NCc1ccc(C(N)=O)o1)NC(C)c1ccccc1Br.I. The molecule has 6 nitrogen and oxygen atoms in total. The van der Waals surface area contributed by atoms with Gasteiger partial charge in [0.25, 0.3) is 5.91 Å². The second kappa shape index (κ2) is 9.67. The van der Waals surface area contributed by atoms with E-state index in [0.29, 0.717) is 18.3 Å². The first-order chi connectivity index (χ1) is 11.0. The molecular weight excluding hydrogens is 487 g/mol. The van der Waals surface area contributed by atoms with Gasteiger partial charge in [-0.3, -0.25) is 9.79 Å². The Morgan fingerprint density at radius 3 is 2.62 bits per heavy atom. The van der Waals surface area contributed by atoms with E-state index in [4.69, 9.17) is 10.2 Å². The highest BCUT2D eigenvalue weighted by molar-refractivity contribution is 14.0. The molecule has 1 atom stereocenters. The van der Waals surface area contributed by atoms with Crippen LogP contribution in [0.25, 0.3) is 0 Å². The Labute approximate surface area is 166 Å². The van der Waals surface area contributed by atoms with Crippen LogP contribution in [0.3, 0.4) is 0 Å². The third-order valence-electron chi connectivity index (χ3n) is 3.28. The summed E-state index contributed by atoms with van der Waals surface area (Å²) < 4.78 is 6.36. The van der Waals surface area contributed by atoms with Crippen LogP contribution in [0.2, 0.25) is 0 Å². The number of rotatable bonds is 5. The number of nitrogens with two attached hydrogens (primary N) is 1. The van der Waals surface area contributed by atoms with E-state index in [2.05, 4.69) is 31.6 Å². The molecule has 0 bridgehead atoms. The van der Waals surface area contributed by atoms with E-state index in [1.165, 1.54) is 0 Å². The molecule has 8 heteroatoms. The van der Waals surface area contributed by atoms with Gasteiger partial charge >= 0.3 is 0 Å². The fourth-order valence-electron chi connectivity index (χ4n) is 2.08. The molecular formula is C16H20BrIN4O2. The summed E-state index contributed by atoms with van der Waals surface area (Å²) >= 11 is 3.54. The van der Waals surface area contributed by atoms with Gasteiger partial charge in [-0.2, -0.15) is 0 Å². The summed E-state index contributed by atoms with van der Waals surface area (Å²) in [5.74, 6) is 0.799. The molecule has 1 heterocycles. The summed E-state index contributed by atoms with van der Waals surface area (Å²) in [6.07, 6.45) is 0. The number of amides is 1. The van der Waals surface area contributed by atoms with Gasteiger partial charge in [0.15, 0.2) is 11.7 Å². The van der Waals surface area contributed by atoms with Crippen LogP contribution in [-0.4, -0.2) is 18.9 Å². The van der Waals surface area contributed by atoms with E-state index < -0.39 is 5.91 Å². The van der Waals surface area contributed by atoms with Crippen molar-refractivity contribution in [1.29, 1.82) is 0 Å². The number of hydrogen-bond donors (Lipinski definition) is 3. The van der Waals surface area contributed by atoms with E-state index in [-0.39, 0.29) is 35.8 Å². The molecule has 130 valence electrons. The van der Waals surface area contributed by atoms with Crippen LogP contribution in [-0.2, 0) is 6.54 Å². The number of guanidine groups is 1. The van der Waals surface area contributed by atoms with Crippen molar-refractivity contribution in [2.45, 2.75) is 19.5 Å². The fraction of sp³-hybridized carbons (Fsp3) is 0.250. The normalized spacial score (nSPS) is 12.2. The Morgan fingerprint density at radius 2 is 2.04 bits per heavy atom. The molecule has 24 heavy (non-hydrogen) atoms. The number of hydrogen-bond acceptors (Lipinski definition) is 3. The van der Waals surface area contributed by atoms with Gasteiger partial charge in [0.2, 0.25) is 0 Å². The minimum absolute atomic E-state index is 0. The average Bonchev–Trinajstić information content (AvgIpc) is 3.00. The molecule has 0 aliphatic heterocycles. The molecule has 4 N–H and O–H groups in total. The number of aliphatic imine (C=N–C) groups is 1. The number of carbonyl (C=O) groups excluding carboxylic acids is 1. The molecule has 0 spiro atoms. The Morgan fingerprint density at radius 1 is 1.33 bits per heavy atom. The summed E-state index contributed by atoms with van der Waals surface area (Å²) in [4.78, 5) is 15.2. The van der Waals surface area contributed by atoms with E-state index in [1.54, 1.807) is 19.2 Å². The second-order valence-corrected chi connectivity index (χ2v) is 5.80. The zero-order chi connectivity index (χ0) is 16.8. The van der Waals surface area contributed by atoms with Gasteiger partial charge in [-0.05, 0) is 30.7 Å². The predicted octanol–water partition coefficient (Wildman–Crippen LogP) is 3.19. The van der Waals surface area contributed by atoms with Crippen LogP contribution in [0.1, 0.15) is 34.8 Å². The van der Waals surface area contributed by atoms with Gasteiger partial charge in [-0.25, -0.2) is 0 Å². The van der Waals surface area contributed by atoms with Gasteiger partial charge in [0, 0.05) is 11.5 Å². The molecule has 1 aromatic heterocycles. The molecule has 1 unspecified atom stereocenters. The van der Waals surface area contributed by atoms with Crippen LogP contribution >= 0.6 is 39.9 Å². The highest BCUT2D eigenvalue weighted by Crippen LogP contribution is 2.22. The van der Waals surface area contributed by atoms with Gasteiger partial charge in [0.05, 0.1) is 12.6 Å². The molecule has 0 saturated carbocycles. The number of benzene rings is 1.